The molecule has 0 spiro atoms. The number of hydrogen-bond donors (Lipinski definition) is 1. The summed E-state index contributed by atoms with van der Waals surface area (Å²) in [5.41, 5.74) is 0. The van der Waals surface area contributed by atoms with Crippen molar-refractivity contribution in [3.8, 4) is 5.75 Å². The first-order chi connectivity index (χ1) is 12.5. The van der Waals surface area contributed by atoms with Crippen molar-refractivity contribution in [1.29, 1.82) is 0 Å². The van der Waals surface area contributed by atoms with E-state index in [4.69, 9.17) is 26.9 Å². The quantitative estimate of drug-likeness (QED) is 0.180. The molecule has 0 radical (unpaired) electrons. The van der Waals surface area contributed by atoms with Crippen molar-refractivity contribution in [2.45, 2.75) is 40.7 Å². The molecule has 0 saturated carbocycles. The molecule has 0 bridgehead atoms. The standard InChI is InChI=1S/C19H27ClN2O5/c1-11(2)16(19(25)26-12(3)4)17(23)22(21)10-13(5)18(24)27-15-8-6-14(20)7-9-15/h6-9,11-13,16H,10,21H2,1-5H3. The number of carbonyl (C=O) groups excluding carboxylic acids is 3. The summed E-state index contributed by atoms with van der Waals surface area (Å²) in [5.74, 6) is 2.37. The molecule has 2 atom stereocenters. The number of rotatable bonds is 8. The van der Waals surface area contributed by atoms with Crippen LogP contribution < -0.4 is 10.6 Å². The molecule has 7 nitrogen and oxygen atoms in total. The number of halogens is 1. The van der Waals surface area contributed by atoms with E-state index < -0.39 is 29.7 Å². The van der Waals surface area contributed by atoms with Crippen LogP contribution in [0, 0.1) is 17.8 Å². The third kappa shape index (κ3) is 7.19. The third-order valence-corrected chi connectivity index (χ3v) is 3.98. The molecular weight excluding hydrogens is 372 g/mol. The minimum Gasteiger partial charge on any atom is -0.462 e. The molecule has 1 aromatic rings. The molecular formula is C19H27ClN2O5. The number of nitrogens with two attached hydrogens (primary N) is 1. The van der Waals surface area contributed by atoms with Crippen LogP contribution in [-0.2, 0) is 19.1 Å². The van der Waals surface area contributed by atoms with Crippen LogP contribution >= 0.6 is 11.6 Å². The summed E-state index contributed by atoms with van der Waals surface area (Å²) >= 11 is 5.79. The average Bonchev–Trinajstić information content (AvgIpc) is 2.55. The van der Waals surface area contributed by atoms with Crippen LogP contribution in [0.4, 0.5) is 0 Å². The zero-order chi connectivity index (χ0) is 20.7. The molecule has 8 heteroatoms. The van der Waals surface area contributed by atoms with Gasteiger partial charge in [0.15, 0.2) is 0 Å². The first kappa shape index (κ1) is 22.9. The van der Waals surface area contributed by atoms with E-state index in [1.807, 2.05) is 0 Å². The first-order valence-electron chi connectivity index (χ1n) is 8.76. The fraction of sp³-hybridized carbons (Fsp3) is 0.526. The molecule has 0 saturated heterocycles. The van der Waals surface area contributed by atoms with Gasteiger partial charge in [0.05, 0.1) is 18.6 Å². The van der Waals surface area contributed by atoms with E-state index in [-0.39, 0.29) is 18.6 Å². The SMILES string of the molecule is CC(C)OC(=O)C(C(=O)N(N)CC(C)C(=O)Oc1ccc(Cl)cc1)C(C)C. The van der Waals surface area contributed by atoms with Crippen LogP contribution in [0.3, 0.4) is 0 Å². The second kappa shape index (κ2) is 10.3. The van der Waals surface area contributed by atoms with Gasteiger partial charge in [0, 0.05) is 5.02 Å². The Morgan fingerprint density at radius 2 is 1.59 bits per heavy atom. The number of hydrogen-bond acceptors (Lipinski definition) is 6. The Hall–Kier alpha value is -2.12. The Balaban J connectivity index is 2.71. The van der Waals surface area contributed by atoms with Crippen LogP contribution in [0.1, 0.15) is 34.6 Å². The Labute approximate surface area is 164 Å². The molecule has 1 amide bonds. The summed E-state index contributed by atoms with van der Waals surface area (Å²) in [6.45, 7) is 8.36. The van der Waals surface area contributed by atoms with Crippen molar-refractivity contribution in [2.75, 3.05) is 6.54 Å². The summed E-state index contributed by atoms with van der Waals surface area (Å²) < 4.78 is 10.4. The number of esters is 2. The largest absolute Gasteiger partial charge is 0.462 e. The number of benzene rings is 1. The van der Waals surface area contributed by atoms with Gasteiger partial charge in [0.25, 0.3) is 5.91 Å². The highest BCUT2D eigenvalue weighted by Crippen LogP contribution is 2.19. The molecule has 2 unspecified atom stereocenters. The number of ether oxygens (including phenoxy) is 2. The number of hydrazine groups is 1. The lowest BCUT2D eigenvalue weighted by molar-refractivity contribution is -0.161. The van der Waals surface area contributed by atoms with Gasteiger partial charge in [-0.15, -0.1) is 0 Å². The molecule has 0 aromatic heterocycles. The zero-order valence-corrected chi connectivity index (χ0v) is 17.0. The van der Waals surface area contributed by atoms with Crippen molar-refractivity contribution in [1.82, 2.24) is 5.01 Å². The summed E-state index contributed by atoms with van der Waals surface area (Å²) in [6.07, 6.45) is -0.342. The normalized spacial score (nSPS) is 13.2. The van der Waals surface area contributed by atoms with Crippen LogP contribution in [0.5, 0.6) is 5.75 Å². The van der Waals surface area contributed by atoms with E-state index >= 15 is 0 Å². The molecule has 27 heavy (non-hydrogen) atoms. The number of carbonyl (C=O) groups is 3. The van der Waals surface area contributed by atoms with Crippen molar-refractivity contribution >= 4 is 29.4 Å². The molecule has 1 aromatic carbocycles. The maximum atomic E-state index is 12.6. The molecule has 1 rings (SSSR count). The van der Waals surface area contributed by atoms with E-state index in [9.17, 15) is 14.4 Å². The lowest BCUT2D eigenvalue weighted by atomic mass is 9.94. The highest BCUT2D eigenvalue weighted by atomic mass is 35.5. The van der Waals surface area contributed by atoms with Crippen molar-refractivity contribution in [3.63, 3.8) is 0 Å². The summed E-state index contributed by atoms with van der Waals surface area (Å²) in [4.78, 5) is 37.0. The van der Waals surface area contributed by atoms with Gasteiger partial charge >= 0.3 is 11.9 Å². The smallest absolute Gasteiger partial charge is 0.319 e. The van der Waals surface area contributed by atoms with Gasteiger partial charge in [-0.3, -0.25) is 19.4 Å². The highest BCUT2D eigenvalue weighted by Gasteiger charge is 2.35. The third-order valence-electron chi connectivity index (χ3n) is 3.73. The van der Waals surface area contributed by atoms with Gasteiger partial charge in [-0.2, -0.15) is 0 Å². The van der Waals surface area contributed by atoms with Gasteiger partial charge in [0.1, 0.15) is 11.7 Å². The fourth-order valence-electron chi connectivity index (χ4n) is 2.32. The Kier molecular flexibility index (Phi) is 8.72. The van der Waals surface area contributed by atoms with E-state index in [2.05, 4.69) is 0 Å². The molecule has 2 N–H and O–H groups in total. The van der Waals surface area contributed by atoms with Gasteiger partial charge < -0.3 is 9.47 Å². The number of amides is 1. The average molecular weight is 399 g/mol. The van der Waals surface area contributed by atoms with Gasteiger partial charge in [0.2, 0.25) is 0 Å². The predicted octanol–water partition coefficient (Wildman–Crippen LogP) is 2.81. The Bertz CT molecular complexity index is 661. The minimum absolute atomic E-state index is 0.0938. The summed E-state index contributed by atoms with van der Waals surface area (Å²) in [6, 6.07) is 6.33. The molecule has 0 aliphatic carbocycles. The van der Waals surface area contributed by atoms with E-state index in [1.165, 1.54) is 0 Å². The lowest BCUT2D eigenvalue weighted by Crippen LogP contribution is -2.49. The van der Waals surface area contributed by atoms with Crippen LogP contribution in [0.25, 0.3) is 0 Å². The molecule has 0 aliphatic rings. The summed E-state index contributed by atoms with van der Waals surface area (Å²) in [5, 5.41) is 1.40. The van der Waals surface area contributed by atoms with Crippen molar-refractivity contribution in [3.05, 3.63) is 29.3 Å². The van der Waals surface area contributed by atoms with Gasteiger partial charge in [-0.1, -0.05) is 32.4 Å². The molecule has 0 heterocycles. The van der Waals surface area contributed by atoms with Crippen molar-refractivity contribution < 1.29 is 23.9 Å². The van der Waals surface area contributed by atoms with Crippen LogP contribution in [-0.4, -0.2) is 35.5 Å². The van der Waals surface area contributed by atoms with E-state index in [0.29, 0.717) is 10.8 Å². The fourth-order valence-corrected chi connectivity index (χ4v) is 2.45. The Morgan fingerprint density at radius 3 is 2.07 bits per heavy atom. The maximum absolute atomic E-state index is 12.6. The maximum Gasteiger partial charge on any atom is 0.319 e. The Morgan fingerprint density at radius 1 is 1.04 bits per heavy atom. The van der Waals surface area contributed by atoms with E-state index in [0.717, 1.165) is 5.01 Å². The van der Waals surface area contributed by atoms with Crippen molar-refractivity contribution in [2.24, 2.45) is 23.6 Å². The first-order valence-corrected chi connectivity index (χ1v) is 9.14. The lowest BCUT2D eigenvalue weighted by Gasteiger charge is -2.26. The number of nitrogens with zero attached hydrogens (tertiary/aromatic N) is 1. The summed E-state index contributed by atoms with van der Waals surface area (Å²) in [7, 11) is 0. The second-order valence-corrected chi connectivity index (χ2v) is 7.41. The van der Waals surface area contributed by atoms with Crippen LogP contribution in [0.2, 0.25) is 5.02 Å². The second-order valence-electron chi connectivity index (χ2n) is 6.97. The predicted molar refractivity (Wildman–Crippen MR) is 102 cm³/mol. The highest BCUT2D eigenvalue weighted by molar-refractivity contribution is 6.30. The minimum atomic E-state index is -1.03. The monoisotopic (exact) mass is 398 g/mol. The molecule has 150 valence electrons. The van der Waals surface area contributed by atoms with Crippen LogP contribution in [0.15, 0.2) is 24.3 Å². The zero-order valence-electron chi connectivity index (χ0n) is 16.3. The van der Waals surface area contributed by atoms with E-state index in [1.54, 1.807) is 58.9 Å². The van der Waals surface area contributed by atoms with Gasteiger partial charge in [-0.05, 0) is 44.0 Å². The molecule has 0 fully saturated rings. The van der Waals surface area contributed by atoms with Gasteiger partial charge in [-0.25, -0.2) is 5.84 Å². The molecule has 0 aliphatic heterocycles. The topological polar surface area (TPSA) is 98.9 Å².